The standard InChI is InChI=1S/C29H28N2O2/c1-21-9-7-12-26(19-21)33-22(2)29-30-27-13-5-6-14-28(27)31(29)17-8-18-32-25-16-15-23-10-3-4-11-24(23)20-25/h3-7,9-16,19-20,22H,8,17-18H2,1-2H3. The van der Waals surface area contributed by atoms with Gasteiger partial charge in [0, 0.05) is 6.54 Å². The Morgan fingerprint density at radius 2 is 1.64 bits per heavy atom. The van der Waals surface area contributed by atoms with Crippen molar-refractivity contribution in [1.29, 1.82) is 0 Å². The van der Waals surface area contributed by atoms with Crippen molar-refractivity contribution in [3.63, 3.8) is 0 Å². The lowest BCUT2D eigenvalue weighted by atomic mass is 10.1. The van der Waals surface area contributed by atoms with Gasteiger partial charge >= 0.3 is 0 Å². The van der Waals surface area contributed by atoms with Crippen LogP contribution < -0.4 is 9.47 Å². The van der Waals surface area contributed by atoms with E-state index < -0.39 is 0 Å². The molecule has 0 N–H and O–H groups in total. The largest absolute Gasteiger partial charge is 0.494 e. The van der Waals surface area contributed by atoms with E-state index in [1.54, 1.807) is 0 Å². The molecule has 0 saturated carbocycles. The molecule has 1 unspecified atom stereocenters. The molecule has 0 aliphatic carbocycles. The molecule has 0 spiro atoms. The Morgan fingerprint density at radius 1 is 0.818 bits per heavy atom. The molecule has 33 heavy (non-hydrogen) atoms. The molecule has 1 heterocycles. The normalized spacial score (nSPS) is 12.2. The summed E-state index contributed by atoms with van der Waals surface area (Å²) in [7, 11) is 0. The van der Waals surface area contributed by atoms with Gasteiger partial charge in [-0.05, 0) is 73.0 Å². The van der Waals surface area contributed by atoms with Crippen molar-refractivity contribution in [2.24, 2.45) is 0 Å². The van der Waals surface area contributed by atoms with Crippen LogP contribution in [0.3, 0.4) is 0 Å². The molecule has 5 aromatic rings. The van der Waals surface area contributed by atoms with Crippen LogP contribution in [0.4, 0.5) is 0 Å². The molecular weight excluding hydrogens is 408 g/mol. The summed E-state index contributed by atoms with van der Waals surface area (Å²) >= 11 is 0. The lowest BCUT2D eigenvalue weighted by Gasteiger charge is -2.17. The summed E-state index contributed by atoms with van der Waals surface area (Å²) in [4.78, 5) is 4.90. The fourth-order valence-electron chi connectivity index (χ4n) is 4.25. The van der Waals surface area contributed by atoms with Gasteiger partial charge in [-0.3, -0.25) is 0 Å². The zero-order valence-corrected chi connectivity index (χ0v) is 19.1. The fourth-order valence-corrected chi connectivity index (χ4v) is 4.25. The van der Waals surface area contributed by atoms with Crippen LogP contribution in [0, 0.1) is 6.92 Å². The van der Waals surface area contributed by atoms with E-state index in [0.717, 1.165) is 41.3 Å². The minimum atomic E-state index is -0.166. The second-order valence-electron chi connectivity index (χ2n) is 8.40. The molecule has 4 heteroatoms. The molecule has 0 amide bonds. The fraction of sp³-hybridized carbons (Fsp3) is 0.207. The predicted octanol–water partition coefficient (Wildman–Crippen LogP) is 7.11. The van der Waals surface area contributed by atoms with Crippen LogP contribution in [0.2, 0.25) is 0 Å². The Bertz CT molecular complexity index is 1390. The van der Waals surface area contributed by atoms with Gasteiger partial charge in [0.2, 0.25) is 0 Å². The Morgan fingerprint density at radius 3 is 2.52 bits per heavy atom. The van der Waals surface area contributed by atoms with Crippen LogP contribution in [-0.4, -0.2) is 16.2 Å². The third-order valence-electron chi connectivity index (χ3n) is 5.87. The first-order chi connectivity index (χ1) is 16.2. The number of para-hydroxylation sites is 2. The van der Waals surface area contributed by atoms with Gasteiger partial charge < -0.3 is 14.0 Å². The van der Waals surface area contributed by atoms with Crippen molar-refractivity contribution in [3.05, 3.63) is 102 Å². The minimum Gasteiger partial charge on any atom is -0.494 e. The molecule has 0 saturated heterocycles. The summed E-state index contributed by atoms with van der Waals surface area (Å²) < 4.78 is 14.6. The maximum atomic E-state index is 6.25. The van der Waals surface area contributed by atoms with Crippen molar-refractivity contribution in [1.82, 2.24) is 9.55 Å². The van der Waals surface area contributed by atoms with Gasteiger partial charge in [0.05, 0.1) is 17.6 Å². The second kappa shape index (κ2) is 9.37. The number of nitrogens with zero attached hydrogens (tertiary/aromatic N) is 2. The van der Waals surface area contributed by atoms with Gasteiger partial charge in [0.25, 0.3) is 0 Å². The van der Waals surface area contributed by atoms with Gasteiger partial charge in [-0.25, -0.2) is 4.98 Å². The van der Waals surface area contributed by atoms with Crippen molar-refractivity contribution in [2.75, 3.05) is 6.61 Å². The highest BCUT2D eigenvalue weighted by atomic mass is 16.5. The van der Waals surface area contributed by atoms with Gasteiger partial charge in [0.1, 0.15) is 11.5 Å². The third kappa shape index (κ3) is 4.70. The molecule has 1 aromatic heterocycles. The Balaban J connectivity index is 1.30. The van der Waals surface area contributed by atoms with E-state index in [1.807, 2.05) is 24.3 Å². The molecule has 4 nitrogen and oxygen atoms in total. The first kappa shape index (κ1) is 21.1. The number of hydrogen-bond acceptors (Lipinski definition) is 3. The summed E-state index contributed by atoms with van der Waals surface area (Å²) in [6.45, 7) is 5.58. The van der Waals surface area contributed by atoms with Crippen LogP contribution in [-0.2, 0) is 6.54 Å². The summed E-state index contributed by atoms with van der Waals surface area (Å²) in [5.41, 5.74) is 3.29. The molecule has 0 fully saturated rings. The SMILES string of the molecule is Cc1cccc(OC(C)c2nc3ccccc3n2CCCOc2ccc3ccccc3c2)c1. The number of benzene rings is 4. The second-order valence-corrected chi connectivity index (χ2v) is 8.40. The molecular formula is C29H28N2O2. The van der Waals surface area contributed by atoms with Gasteiger partial charge in [0.15, 0.2) is 11.9 Å². The third-order valence-corrected chi connectivity index (χ3v) is 5.87. The molecule has 0 aliphatic heterocycles. The van der Waals surface area contributed by atoms with Crippen LogP contribution in [0.1, 0.15) is 30.8 Å². The van der Waals surface area contributed by atoms with E-state index in [1.165, 1.54) is 16.3 Å². The topological polar surface area (TPSA) is 36.3 Å². The maximum Gasteiger partial charge on any atom is 0.153 e. The van der Waals surface area contributed by atoms with E-state index in [0.29, 0.717) is 6.61 Å². The smallest absolute Gasteiger partial charge is 0.153 e. The van der Waals surface area contributed by atoms with E-state index in [4.69, 9.17) is 14.5 Å². The zero-order valence-electron chi connectivity index (χ0n) is 19.1. The summed E-state index contributed by atoms with van der Waals surface area (Å²) in [6.07, 6.45) is 0.706. The first-order valence-electron chi connectivity index (χ1n) is 11.5. The van der Waals surface area contributed by atoms with Gasteiger partial charge in [-0.2, -0.15) is 0 Å². The zero-order chi connectivity index (χ0) is 22.6. The molecule has 1 atom stereocenters. The number of aromatic nitrogens is 2. The highest BCUT2D eigenvalue weighted by molar-refractivity contribution is 5.83. The van der Waals surface area contributed by atoms with Crippen LogP contribution >= 0.6 is 0 Å². The van der Waals surface area contributed by atoms with Gasteiger partial charge in [-0.15, -0.1) is 0 Å². The van der Waals surface area contributed by atoms with E-state index in [2.05, 4.69) is 85.1 Å². The Kier molecular flexibility index (Phi) is 5.99. The first-order valence-corrected chi connectivity index (χ1v) is 11.5. The van der Waals surface area contributed by atoms with Crippen molar-refractivity contribution < 1.29 is 9.47 Å². The van der Waals surface area contributed by atoms with E-state index >= 15 is 0 Å². The van der Waals surface area contributed by atoms with Crippen molar-refractivity contribution in [2.45, 2.75) is 32.9 Å². The molecule has 0 radical (unpaired) electrons. The maximum absolute atomic E-state index is 6.25. The highest BCUT2D eigenvalue weighted by Crippen LogP contribution is 2.26. The molecule has 0 bridgehead atoms. The number of fused-ring (bicyclic) bond motifs is 2. The number of aryl methyl sites for hydroxylation is 2. The van der Waals surface area contributed by atoms with E-state index in [9.17, 15) is 0 Å². The summed E-state index contributed by atoms with van der Waals surface area (Å²) in [5, 5.41) is 2.42. The molecule has 4 aromatic carbocycles. The lowest BCUT2D eigenvalue weighted by molar-refractivity contribution is 0.210. The molecule has 0 aliphatic rings. The summed E-state index contributed by atoms with van der Waals surface area (Å²) in [5.74, 6) is 2.70. The quantitative estimate of drug-likeness (QED) is 0.243. The number of hydrogen-bond donors (Lipinski definition) is 0. The predicted molar refractivity (Wildman–Crippen MR) is 134 cm³/mol. The van der Waals surface area contributed by atoms with Crippen LogP contribution in [0.25, 0.3) is 21.8 Å². The number of rotatable bonds is 8. The summed E-state index contributed by atoms with van der Waals surface area (Å²) in [6, 6.07) is 31.0. The average Bonchev–Trinajstić information content (AvgIpc) is 3.20. The van der Waals surface area contributed by atoms with Crippen molar-refractivity contribution in [3.8, 4) is 11.5 Å². The highest BCUT2D eigenvalue weighted by Gasteiger charge is 2.18. The van der Waals surface area contributed by atoms with Crippen molar-refractivity contribution >= 4 is 21.8 Å². The Hall–Kier alpha value is -3.79. The number of imidazole rings is 1. The molecule has 166 valence electrons. The van der Waals surface area contributed by atoms with E-state index in [-0.39, 0.29) is 6.10 Å². The minimum absolute atomic E-state index is 0.166. The van der Waals surface area contributed by atoms with Gasteiger partial charge in [-0.1, -0.05) is 54.6 Å². The number of ether oxygens (including phenoxy) is 2. The lowest BCUT2D eigenvalue weighted by Crippen LogP contribution is -2.13. The Labute approximate surface area is 194 Å². The van der Waals surface area contributed by atoms with Crippen LogP contribution in [0.5, 0.6) is 11.5 Å². The van der Waals surface area contributed by atoms with Crippen LogP contribution in [0.15, 0.2) is 91.0 Å². The molecule has 5 rings (SSSR count). The monoisotopic (exact) mass is 436 g/mol. The average molecular weight is 437 g/mol.